The average molecular weight is 416 g/mol. The van der Waals surface area contributed by atoms with Crippen LogP contribution in [0, 0.1) is 6.92 Å². The summed E-state index contributed by atoms with van der Waals surface area (Å²) in [6.07, 6.45) is 0. The Balaban J connectivity index is 1.77. The van der Waals surface area contributed by atoms with Crippen LogP contribution in [0.25, 0.3) is 10.6 Å². The highest BCUT2D eigenvalue weighted by Crippen LogP contribution is 2.26. The number of benzene rings is 2. The van der Waals surface area contributed by atoms with Crippen molar-refractivity contribution in [1.82, 2.24) is 9.88 Å². The van der Waals surface area contributed by atoms with Gasteiger partial charge in [0.25, 0.3) is 5.91 Å². The summed E-state index contributed by atoms with van der Waals surface area (Å²) in [4.78, 5) is 18.9. The molecule has 1 unspecified atom stereocenters. The Morgan fingerprint density at radius 2 is 1.71 bits per heavy atom. The molecule has 2 aromatic carbocycles. The van der Waals surface area contributed by atoms with E-state index >= 15 is 0 Å². The van der Waals surface area contributed by atoms with E-state index < -0.39 is 10.0 Å². The smallest absolute Gasteiger partial charge is 0.273 e. The maximum atomic E-state index is 12.8. The van der Waals surface area contributed by atoms with Crippen LogP contribution in [0.4, 0.5) is 0 Å². The van der Waals surface area contributed by atoms with Gasteiger partial charge in [0.15, 0.2) is 0 Å². The van der Waals surface area contributed by atoms with Crippen LogP contribution in [0.1, 0.15) is 34.6 Å². The highest BCUT2D eigenvalue weighted by molar-refractivity contribution is 7.89. The zero-order valence-corrected chi connectivity index (χ0v) is 17.4. The van der Waals surface area contributed by atoms with Gasteiger partial charge in [-0.1, -0.05) is 42.0 Å². The fraction of sp³-hybridized carbons (Fsp3) is 0.200. The number of hydrogen-bond acceptors (Lipinski definition) is 5. The second kappa shape index (κ2) is 7.83. The highest BCUT2D eigenvalue weighted by Gasteiger charge is 2.22. The molecule has 0 fully saturated rings. The number of aryl methyl sites for hydroxylation is 1. The van der Waals surface area contributed by atoms with E-state index in [1.165, 1.54) is 29.0 Å². The lowest BCUT2D eigenvalue weighted by atomic mass is 10.1. The summed E-state index contributed by atoms with van der Waals surface area (Å²) in [5.41, 5.74) is 3.33. The number of amides is 1. The van der Waals surface area contributed by atoms with Crippen molar-refractivity contribution in [2.45, 2.75) is 24.8 Å². The minimum Gasteiger partial charge on any atom is -0.334 e. The summed E-state index contributed by atoms with van der Waals surface area (Å²) in [5.74, 6) is -0.197. The molecule has 0 radical (unpaired) electrons. The first-order valence-corrected chi connectivity index (χ1v) is 11.0. The number of nitrogens with two attached hydrogens (primary N) is 1. The first kappa shape index (κ1) is 20.2. The first-order chi connectivity index (χ1) is 13.2. The number of primary sulfonamides is 1. The van der Waals surface area contributed by atoms with Gasteiger partial charge < -0.3 is 4.90 Å². The molecule has 6 nitrogen and oxygen atoms in total. The van der Waals surface area contributed by atoms with E-state index in [9.17, 15) is 13.2 Å². The quantitative estimate of drug-likeness (QED) is 0.689. The van der Waals surface area contributed by atoms with E-state index in [1.54, 1.807) is 29.5 Å². The third-order valence-electron chi connectivity index (χ3n) is 4.61. The third-order valence-corrected chi connectivity index (χ3v) is 6.43. The molecule has 0 saturated heterocycles. The standard InChI is InChI=1S/C20H21N3O3S2/c1-13-4-6-16(7-5-13)19-22-18(12-27-19)20(24)23(3)14(2)15-8-10-17(11-9-15)28(21,25)26/h4-12,14H,1-3H3,(H2,21,25,26). The Hall–Kier alpha value is -2.55. The van der Waals surface area contributed by atoms with Gasteiger partial charge >= 0.3 is 0 Å². The van der Waals surface area contributed by atoms with Crippen molar-refractivity contribution >= 4 is 27.3 Å². The number of rotatable bonds is 5. The van der Waals surface area contributed by atoms with Gasteiger partial charge in [-0.05, 0) is 31.5 Å². The van der Waals surface area contributed by atoms with E-state index in [2.05, 4.69) is 4.98 Å². The number of aromatic nitrogens is 1. The van der Waals surface area contributed by atoms with Crippen molar-refractivity contribution in [1.29, 1.82) is 0 Å². The monoisotopic (exact) mass is 415 g/mol. The maximum Gasteiger partial charge on any atom is 0.273 e. The molecular formula is C20H21N3O3S2. The molecule has 0 spiro atoms. The summed E-state index contributed by atoms with van der Waals surface area (Å²) in [7, 11) is -2.04. The molecule has 0 aliphatic heterocycles. The topological polar surface area (TPSA) is 93.4 Å². The molecule has 0 aliphatic carbocycles. The number of thiazole rings is 1. The number of carbonyl (C=O) groups is 1. The van der Waals surface area contributed by atoms with Crippen LogP contribution in [-0.4, -0.2) is 31.3 Å². The second-order valence-corrected chi connectivity index (χ2v) is 9.03. The van der Waals surface area contributed by atoms with Crippen molar-refractivity contribution in [2.75, 3.05) is 7.05 Å². The van der Waals surface area contributed by atoms with Crippen molar-refractivity contribution in [3.05, 3.63) is 70.7 Å². The fourth-order valence-electron chi connectivity index (χ4n) is 2.72. The lowest BCUT2D eigenvalue weighted by Gasteiger charge is -2.24. The molecule has 3 rings (SSSR count). The molecular weight excluding hydrogens is 394 g/mol. The van der Waals surface area contributed by atoms with Crippen molar-refractivity contribution < 1.29 is 13.2 Å². The average Bonchev–Trinajstić information content (AvgIpc) is 3.16. The predicted molar refractivity (Wildman–Crippen MR) is 111 cm³/mol. The normalized spacial score (nSPS) is 12.6. The lowest BCUT2D eigenvalue weighted by molar-refractivity contribution is 0.0737. The van der Waals surface area contributed by atoms with E-state index in [-0.39, 0.29) is 16.8 Å². The molecule has 3 aromatic rings. The number of carbonyl (C=O) groups excluding carboxylic acids is 1. The zero-order chi connectivity index (χ0) is 20.5. The largest absolute Gasteiger partial charge is 0.334 e. The van der Waals surface area contributed by atoms with Crippen LogP contribution >= 0.6 is 11.3 Å². The number of hydrogen-bond donors (Lipinski definition) is 1. The third kappa shape index (κ3) is 4.30. The molecule has 0 bridgehead atoms. The Kier molecular flexibility index (Phi) is 5.64. The van der Waals surface area contributed by atoms with Gasteiger partial charge in [0.2, 0.25) is 10.0 Å². The van der Waals surface area contributed by atoms with Crippen LogP contribution in [-0.2, 0) is 10.0 Å². The number of sulfonamides is 1. The predicted octanol–water partition coefficient (Wildman–Crippen LogP) is 3.60. The fourth-order valence-corrected chi connectivity index (χ4v) is 4.03. The summed E-state index contributed by atoms with van der Waals surface area (Å²) >= 11 is 1.43. The summed E-state index contributed by atoms with van der Waals surface area (Å²) in [6.45, 7) is 3.89. The van der Waals surface area contributed by atoms with Gasteiger partial charge in [-0.3, -0.25) is 4.79 Å². The summed E-state index contributed by atoms with van der Waals surface area (Å²) in [5, 5.41) is 7.67. The van der Waals surface area contributed by atoms with Crippen LogP contribution in [0.3, 0.4) is 0 Å². The molecule has 1 amide bonds. The Bertz CT molecular complexity index is 1090. The van der Waals surface area contributed by atoms with Gasteiger partial charge in [0.1, 0.15) is 10.7 Å². The van der Waals surface area contributed by atoms with Gasteiger partial charge in [0, 0.05) is 18.0 Å². The van der Waals surface area contributed by atoms with E-state index in [1.807, 2.05) is 38.1 Å². The minimum absolute atomic E-state index is 0.0414. The molecule has 1 heterocycles. The molecule has 0 saturated carbocycles. The van der Waals surface area contributed by atoms with Gasteiger partial charge in [-0.2, -0.15) is 0 Å². The Labute approximate surface area is 168 Å². The van der Waals surface area contributed by atoms with Gasteiger partial charge in [-0.25, -0.2) is 18.5 Å². The minimum atomic E-state index is -3.74. The zero-order valence-electron chi connectivity index (χ0n) is 15.8. The molecule has 0 aliphatic rings. The second-order valence-electron chi connectivity index (χ2n) is 6.61. The summed E-state index contributed by atoms with van der Waals surface area (Å²) in [6, 6.07) is 13.9. The van der Waals surface area contributed by atoms with Crippen LogP contribution in [0.5, 0.6) is 0 Å². The van der Waals surface area contributed by atoms with E-state index in [4.69, 9.17) is 5.14 Å². The molecule has 1 atom stereocenters. The van der Waals surface area contributed by atoms with E-state index in [0.717, 1.165) is 16.1 Å². The van der Waals surface area contributed by atoms with Crippen LogP contribution < -0.4 is 5.14 Å². The Morgan fingerprint density at radius 3 is 2.29 bits per heavy atom. The Morgan fingerprint density at radius 1 is 1.11 bits per heavy atom. The van der Waals surface area contributed by atoms with Gasteiger partial charge in [0.05, 0.1) is 10.9 Å². The van der Waals surface area contributed by atoms with Crippen molar-refractivity contribution in [3.8, 4) is 10.6 Å². The van der Waals surface area contributed by atoms with Crippen molar-refractivity contribution in [3.63, 3.8) is 0 Å². The molecule has 1 aromatic heterocycles. The van der Waals surface area contributed by atoms with Crippen molar-refractivity contribution in [2.24, 2.45) is 5.14 Å². The SMILES string of the molecule is Cc1ccc(-c2nc(C(=O)N(C)C(C)c3ccc(S(N)(=O)=O)cc3)cs2)cc1. The first-order valence-electron chi connectivity index (χ1n) is 8.59. The maximum absolute atomic E-state index is 12.8. The van der Waals surface area contributed by atoms with E-state index in [0.29, 0.717) is 5.69 Å². The van der Waals surface area contributed by atoms with Gasteiger partial charge in [-0.15, -0.1) is 11.3 Å². The molecule has 28 heavy (non-hydrogen) atoms. The molecule has 8 heteroatoms. The molecule has 146 valence electrons. The lowest BCUT2D eigenvalue weighted by Crippen LogP contribution is -2.30. The van der Waals surface area contributed by atoms with Crippen LogP contribution in [0.2, 0.25) is 0 Å². The number of nitrogens with zero attached hydrogens (tertiary/aromatic N) is 2. The highest BCUT2D eigenvalue weighted by atomic mass is 32.2. The van der Waals surface area contributed by atoms with Crippen LogP contribution in [0.15, 0.2) is 58.8 Å². The molecule has 2 N–H and O–H groups in total. The summed E-state index contributed by atoms with van der Waals surface area (Å²) < 4.78 is 22.8.